The molecule has 1 saturated heterocycles. The maximum absolute atomic E-state index is 13.1. The van der Waals surface area contributed by atoms with E-state index in [1.165, 1.54) is 0 Å². The first-order chi connectivity index (χ1) is 12.3. The van der Waals surface area contributed by atoms with Gasteiger partial charge in [-0.2, -0.15) is 0 Å². The van der Waals surface area contributed by atoms with Gasteiger partial charge in [-0.25, -0.2) is 8.42 Å². The molecule has 1 unspecified atom stereocenters. The van der Waals surface area contributed by atoms with E-state index in [-0.39, 0.29) is 29.4 Å². The number of rotatable bonds is 6. The van der Waals surface area contributed by atoms with E-state index >= 15 is 0 Å². The molecule has 1 heterocycles. The summed E-state index contributed by atoms with van der Waals surface area (Å²) in [5.74, 6) is 0.104. The van der Waals surface area contributed by atoms with Crippen LogP contribution in [-0.4, -0.2) is 56.3 Å². The van der Waals surface area contributed by atoms with E-state index in [1.807, 2.05) is 6.92 Å². The fourth-order valence-electron chi connectivity index (χ4n) is 3.48. The minimum atomic E-state index is -3.09. The zero-order valence-electron chi connectivity index (χ0n) is 15.0. The lowest BCUT2D eigenvalue weighted by Crippen LogP contribution is -2.48. The third-order valence-electron chi connectivity index (χ3n) is 5.17. The van der Waals surface area contributed by atoms with Gasteiger partial charge in [-0.3, -0.25) is 9.59 Å². The zero-order valence-corrected chi connectivity index (χ0v) is 15.8. The van der Waals surface area contributed by atoms with Crippen molar-refractivity contribution in [2.24, 2.45) is 5.41 Å². The lowest BCUT2D eigenvalue weighted by molar-refractivity contribution is -0.143. The maximum Gasteiger partial charge on any atom is 0.240 e. The number of benzene rings is 1. The quantitative estimate of drug-likeness (QED) is 0.754. The molecule has 2 amide bonds. The number of carbonyl (C=O) groups excluding carboxylic acids is 2. The van der Waals surface area contributed by atoms with Gasteiger partial charge in [-0.05, 0) is 38.3 Å². The minimum absolute atomic E-state index is 0.0137. The maximum atomic E-state index is 13.1. The van der Waals surface area contributed by atoms with E-state index in [2.05, 4.69) is 5.32 Å². The fourth-order valence-corrected chi connectivity index (χ4v) is 5.21. The Hall–Kier alpha value is -2.09. The molecular formula is C18H24N2O5S. The van der Waals surface area contributed by atoms with Crippen LogP contribution in [0, 0.1) is 5.41 Å². The van der Waals surface area contributed by atoms with E-state index in [9.17, 15) is 18.0 Å². The van der Waals surface area contributed by atoms with Crippen LogP contribution >= 0.6 is 0 Å². The molecule has 0 bridgehead atoms. The van der Waals surface area contributed by atoms with Crippen molar-refractivity contribution < 1.29 is 22.7 Å². The van der Waals surface area contributed by atoms with Crippen LogP contribution in [0.15, 0.2) is 24.3 Å². The first kappa shape index (κ1) is 18.7. The lowest BCUT2D eigenvalue weighted by atomic mass is 10.0. The largest absolute Gasteiger partial charge is 0.497 e. The molecule has 1 atom stereocenters. The molecule has 8 heteroatoms. The fraction of sp³-hybridized carbons (Fsp3) is 0.556. The third-order valence-corrected chi connectivity index (χ3v) is 6.92. The van der Waals surface area contributed by atoms with Gasteiger partial charge < -0.3 is 15.0 Å². The Kier molecular flexibility index (Phi) is 4.96. The smallest absolute Gasteiger partial charge is 0.240 e. The Bertz CT molecular complexity index is 817. The zero-order chi connectivity index (χ0) is 18.9. The number of hydrogen-bond acceptors (Lipinski definition) is 5. The highest BCUT2D eigenvalue weighted by molar-refractivity contribution is 7.91. The number of sulfone groups is 1. The summed E-state index contributed by atoms with van der Waals surface area (Å²) in [5.41, 5.74) is -0.509. The Morgan fingerprint density at radius 2 is 2.08 bits per heavy atom. The number of amides is 2. The lowest BCUT2D eigenvalue weighted by Gasteiger charge is -2.30. The minimum Gasteiger partial charge on any atom is -0.497 e. The Labute approximate surface area is 153 Å². The van der Waals surface area contributed by atoms with Gasteiger partial charge >= 0.3 is 0 Å². The Balaban J connectivity index is 1.74. The molecule has 1 aliphatic heterocycles. The van der Waals surface area contributed by atoms with Crippen LogP contribution in [0.5, 0.6) is 5.75 Å². The third kappa shape index (κ3) is 3.56. The molecule has 142 valence electrons. The van der Waals surface area contributed by atoms with Crippen LogP contribution in [0.2, 0.25) is 0 Å². The summed E-state index contributed by atoms with van der Waals surface area (Å²) in [5, 5.41) is 2.80. The van der Waals surface area contributed by atoms with Gasteiger partial charge in [0.05, 0.1) is 18.6 Å². The molecule has 7 nitrogen and oxygen atoms in total. The van der Waals surface area contributed by atoms with Crippen molar-refractivity contribution in [2.45, 2.75) is 32.2 Å². The van der Waals surface area contributed by atoms with Crippen LogP contribution in [0.25, 0.3) is 0 Å². The summed E-state index contributed by atoms with van der Waals surface area (Å²) in [6, 6.07) is 6.63. The second-order valence-corrected chi connectivity index (χ2v) is 9.14. The van der Waals surface area contributed by atoms with E-state index in [0.29, 0.717) is 37.2 Å². The van der Waals surface area contributed by atoms with E-state index in [1.54, 1.807) is 36.3 Å². The molecule has 1 N–H and O–H groups in total. The Morgan fingerprint density at radius 1 is 1.35 bits per heavy atom. The molecule has 1 aromatic carbocycles. The summed E-state index contributed by atoms with van der Waals surface area (Å²) < 4.78 is 28.7. The van der Waals surface area contributed by atoms with Crippen molar-refractivity contribution in [1.82, 2.24) is 4.90 Å². The molecule has 3 rings (SSSR count). The van der Waals surface area contributed by atoms with Crippen LogP contribution in [-0.2, 0) is 19.4 Å². The van der Waals surface area contributed by atoms with Crippen molar-refractivity contribution >= 4 is 27.3 Å². The molecule has 1 aromatic rings. The highest BCUT2D eigenvalue weighted by Crippen LogP contribution is 2.48. The highest BCUT2D eigenvalue weighted by Gasteiger charge is 2.58. The van der Waals surface area contributed by atoms with Gasteiger partial charge in [0.2, 0.25) is 11.8 Å². The predicted molar refractivity (Wildman–Crippen MR) is 97.7 cm³/mol. The summed E-state index contributed by atoms with van der Waals surface area (Å²) in [4.78, 5) is 27.4. The molecule has 26 heavy (non-hydrogen) atoms. The molecule has 0 aromatic heterocycles. The molecule has 0 radical (unpaired) electrons. The number of nitrogens with one attached hydrogen (secondary N) is 1. The highest BCUT2D eigenvalue weighted by atomic mass is 32.2. The molecule has 1 aliphatic carbocycles. The van der Waals surface area contributed by atoms with Crippen LogP contribution in [0.4, 0.5) is 5.69 Å². The van der Waals surface area contributed by atoms with Crippen molar-refractivity contribution in [3.8, 4) is 5.75 Å². The van der Waals surface area contributed by atoms with Crippen LogP contribution in [0.1, 0.15) is 26.2 Å². The summed E-state index contributed by atoms with van der Waals surface area (Å²) in [6.07, 6.45) is 1.41. The van der Waals surface area contributed by atoms with Crippen molar-refractivity contribution in [3.63, 3.8) is 0 Å². The average molecular weight is 380 g/mol. The molecular weight excluding hydrogens is 356 g/mol. The van der Waals surface area contributed by atoms with Gasteiger partial charge in [0.15, 0.2) is 9.84 Å². The number of anilines is 1. The monoisotopic (exact) mass is 380 g/mol. The first-order valence-corrected chi connectivity index (χ1v) is 10.6. The van der Waals surface area contributed by atoms with Gasteiger partial charge in [0.25, 0.3) is 0 Å². The molecule has 2 aliphatic rings. The van der Waals surface area contributed by atoms with Gasteiger partial charge in [-0.15, -0.1) is 0 Å². The van der Waals surface area contributed by atoms with Crippen molar-refractivity contribution in [2.75, 3.05) is 30.5 Å². The molecule has 0 spiro atoms. The molecule has 1 saturated carbocycles. The van der Waals surface area contributed by atoms with E-state index < -0.39 is 15.3 Å². The van der Waals surface area contributed by atoms with Gasteiger partial charge in [-0.1, -0.05) is 6.07 Å². The van der Waals surface area contributed by atoms with Crippen LogP contribution in [0.3, 0.4) is 0 Å². The van der Waals surface area contributed by atoms with E-state index in [0.717, 1.165) is 0 Å². The summed E-state index contributed by atoms with van der Waals surface area (Å²) in [6.45, 7) is 2.21. The number of nitrogens with zero attached hydrogens (tertiary/aromatic N) is 1. The predicted octanol–water partition coefficient (Wildman–Crippen LogP) is 1.45. The summed E-state index contributed by atoms with van der Waals surface area (Å²) in [7, 11) is -1.55. The second kappa shape index (κ2) is 6.90. The van der Waals surface area contributed by atoms with Crippen molar-refractivity contribution in [1.29, 1.82) is 0 Å². The van der Waals surface area contributed by atoms with Gasteiger partial charge in [0.1, 0.15) is 11.2 Å². The first-order valence-electron chi connectivity index (χ1n) is 8.78. The van der Waals surface area contributed by atoms with Crippen LogP contribution < -0.4 is 10.1 Å². The number of carbonyl (C=O) groups is 2. The number of methoxy groups -OCH3 is 1. The van der Waals surface area contributed by atoms with E-state index in [4.69, 9.17) is 4.74 Å². The SMILES string of the molecule is CCN(C(=O)C1(C(=O)Nc2cccc(OC)c2)CC1)C1CCS(=O)(=O)C1. The summed E-state index contributed by atoms with van der Waals surface area (Å²) >= 11 is 0. The van der Waals surface area contributed by atoms with Crippen molar-refractivity contribution in [3.05, 3.63) is 24.3 Å². The Morgan fingerprint density at radius 3 is 2.62 bits per heavy atom. The number of hydrogen-bond donors (Lipinski definition) is 1. The van der Waals surface area contributed by atoms with Gasteiger partial charge in [0, 0.05) is 24.3 Å². The standard InChI is InChI=1S/C18H24N2O5S/c1-3-20(14-7-10-26(23,24)12-14)17(22)18(8-9-18)16(21)19-13-5-4-6-15(11-13)25-2/h4-6,11,14H,3,7-10,12H2,1-2H3,(H,19,21). The average Bonchev–Trinajstić information content (AvgIpc) is 3.35. The topological polar surface area (TPSA) is 92.8 Å². The normalized spacial score (nSPS) is 22.5. The number of ether oxygens (including phenoxy) is 1. The molecule has 2 fully saturated rings. The second-order valence-electron chi connectivity index (χ2n) is 6.92.